The van der Waals surface area contributed by atoms with Gasteiger partial charge in [-0.1, -0.05) is 19.1 Å². The number of nitrogens with one attached hydrogen (secondary N) is 1. The lowest BCUT2D eigenvalue weighted by molar-refractivity contribution is 0.115. The Labute approximate surface area is 74.7 Å². The molecule has 0 saturated carbocycles. The van der Waals surface area contributed by atoms with Gasteiger partial charge in [0.1, 0.15) is 0 Å². The first-order valence-electron chi connectivity index (χ1n) is 4.91. The van der Waals surface area contributed by atoms with Crippen LogP contribution in [0.3, 0.4) is 0 Å². The van der Waals surface area contributed by atoms with Crippen molar-refractivity contribution in [3.63, 3.8) is 0 Å². The summed E-state index contributed by atoms with van der Waals surface area (Å²) in [5, 5.41) is 13.0. The molecule has 0 aromatic carbocycles. The van der Waals surface area contributed by atoms with E-state index in [4.69, 9.17) is 0 Å². The van der Waals surface area contributed by atoms with E-state index in [0.29, 0.717) is 6.04 Å². The number of likely N-dealkylation sites (N-methyl/N-ethyl adjacent to an activating group) is 1. The molecule has 1 aliphatic rings. The Balaban J connectivity index is 2.40. The molecule has 0 fully saturated rings. The van der Waals surface area contributed by atoms with E-state index in [1.165, 1.54) is 0 Å². The highest BCUT2D eigenvalue weighted by molar-refractivity contribution is 4.89. The van der Waals surface area contributed by atoms with E-state index < -0.39 is 0 Å². The molecule has 2 atom stereocenters. The number of rotatable bonds is 2. The smallest absolute Gasteiger partial charge is 0.0696 e. The largest absolute Gasteiger partial charge is 0.391 e. The molecule has 0 spiro atoms. The monoisotopic (exact) mass is 169 g/mol. The summed E-state index contributed by atoms with van der Waals surface area (Å²) in [5.74, 6) is 0. The minimum absolute atomic E-state index is 0.158. The summed E-state index contributed by atoms with van der Waals surface area (Å²) in [6.07, 6.45) is 8.30. The highest BCUT2D eigenvalue weighted by atomic mass is 16.3. The second-order valence-corrected chi connectivity index (χ2v) is 3.36. The summed E-state index contributed by atoms with van der Waals surface area (Å²) in [6.45, 7) is 3.03. The van der Waals surface area contributed by atoms with Crippen molar-refractivity contribution in [2.45, 2.75) is 44.8 Å². The Morgan fingerprint density at radius 1 is 1.33 bits per heavy atom. The molecule has 0 saturated heterocycles. The highest BCUT2D eigenvalue weighted by Crippen LogP contribution is 2.12. The SMILES string of the molecule is CCN[C@@H]1CCC=CCC[C@@H]1O. The molecule has 1 aliphatic carbocycles. The molecule has 0 bridgehead atoms. The van der Waals surface area contributed by atoms with E-state index in [1.54, 1.807) is 0 Å². The molecular formula is C10H19NO. The van der Waals surface area contributed by atoms with Gasteiger partial charge in [-0.2, -0.15) is 0 Å². The molecule has 2 heteroatoms. The molecular weight excluding hydrogens is 150 g/mol. The highest BCUT2D eigenvalue weighted by Gasteiger charge is 2.17. The van der Waals surface area contributed by atoms with Crippen LogP contribution in [0.4, 0.5) is 0 Å². The zero-order valence-corrected chi connectivity index (χ0v) is 7.79. The summed E-state index contributed by atoms with van der Waals surface area (Å²) in [4.78, 5) is 0. The Kier molecular flexibility index (Phi) is 4.33. The molecule has 0 amide bonds. The normalized spacial score (nSPS) is 31.2. The number of hydrogen-bond acceptors (Lipinski definition) is 2. The van der Waals surface area contributed by atoms with Gasteiger partial charge in [-0.05, 0) is 32.2 Å². The number of allylic oxidation sites excluding steroid dienone is 2. The van der Waals surface area contributed by atoms with Gasteiger partial charge in [-0.3, -0.25) is 0 Å². The number of hydrogen-bond donors (Lipinski definition) is 2. The fraction of sp³-hybridized carbons (Fsp3) is 0.800. The van der Waals surface area contributed by atoms with Gasteiger partial charge in [-0.15, -0.1) is 0 Å². The van der Waals surface area contributed by atoms with E-state index in [-0.39, 0.29) is 6.10 Å². The minimum Gasteiger partial charge on any atom is -0.391 e. The van der Waals surface area contributed by atoms with Crippen molar-refractivity contribution in [2.24, 2.45) is 0 Å². The summed E-state index contributed by atoms with van der Waals surface area (Å²) in [7, 11) is 0. The lowest BCUT2D eigenvalue weighted by atomic mass is 9.98. The molecule has 0 aliphatic heterocycles. The van der Waals surface area contributed by atoms with E-state index >= 15 is 0 Å². The van der Waals surface area contributed by atoms with Crippen LogP contribution in [0, 0.1) is 0 Å². The topological polar surface area (TPSA) is 32.3 Å². The predicted octanol–water partition coefficient (Wildman–Crippen LogP) is 1.46. The van der Waals surface area contributed by atoms with Crippen LogP contribution in [0.5, 0.6) is 0 Å². The standard InChI is InChI=1S/C10H19NO/c1-2-11-9-7-5-3-4-6-8-10(9)12/h3-4,9-12H,2,5-8H2,1H3/t9-,10+/m1/s1. The molecule has 0 radical (unpaired) electrons. The minimum atomic E-state index is -0.158. The van der Waals surface area contributed by atoms with Crippen molar-refractivity contribution in [1.82, 2.24) is 5.32 Å². The van der Waals surface area contributed by atoms with E-state index in [9.17, 15) is 5.11 Å². The third-order valence-electron chi connectivity index (χ3n) is 2.37. The molecule has 0 heterocycles. The maximum atomic E-state index is 9.71. The summed E-state index contributed by atoms with van der Waals surface area (Å²) in [5.41, 5.74) is 0. The first kappa shape index (κ1) is 9.75. The van der Waals surface area contributed by atoms with Crippen LogP contribution < -0.4 is 5.32 Å². The van der Waals surface area contributed by atoms with Crippen LogP contribution >= 0.6 is 0 Å². The fourth-order valence-corrected chi connectivity index (χ4v) is 1.67. The molecule has 0 unspecified atom stereocenters. The summed E-state index contributed by atoms with van der Waals surface area (Å²) >= 11 is 0. The number of aliphatic hydroxyl groups excluding tert-OH is 1. The van der Waals surface area contributed by atoms with Crippen molar-refractivity contribution < 1.29 is 5.11 Å². The van der Waals surface area contributed by atoms with Crippen LogP contribution in [0.25, 0.3) is 0 Å². The maximum absolute atomic E-state index is 9.71. The Bertz CT molecular complexity index is 145. The zero-order chi connectivity index (χ0) is 8.81. The van der Waals surface area contributed by atoms with Gasteiger partial charge in [-0.25, -0.2) is 0 Å². The molecule has 0 aromatic heterocycles. The van der Waals surface area contributed by atoms with Crippen LogP contribution in [0.2, 0.25) is 0 Å². The van der Waals surface area contributed by atoms with Gasteiger partial charge in [0.15, 0.2) is 0 Å². The molecule has 0 aromatic rings. The second-order valence-electron chi connectivity index (χ2n) is 3.36. The average molecular weight is 169 g/mol. The van der Waals surface area contributed by atoms with Crippen molar-refractivity contribution >= 4 is 0 Å². The average Bonchev–Trinajstić information content (AvgIpc) is 2.05. The van der Waals surface area contributed by atoms with E-state index in [1.807, 2.05) is 0 Å². The molecule has 2 N–H and O–H groups in total. The van der Waals surface area contributed by atoms with E-state index in [0.717, 1.165) is 32.2 Å². The van der Waals surface area contributed by atoms with Crippen molar-refractivity contribution in [3.8, 4) is 0 Å². The van der Waals surface area contributed by atoms with Gasteiger partial charge in [0.25, 0.3) is 0 Å². The van der Waals surface area contributed by atoms with Crippen LogP contribution in [0.1, 0.15) is 32.6 Å². The Hall–Kier alpha value is -0.340. The third kappa shape index (κ3) is 2.95. The van der Waals surface area contributed by atoms with Crippen LogP contribution in [-0.4, -0.2) is 23.8 Å². The molecule has 12 heavy (non-hydrogen) atoms. The van der Waals surface area contributed by atoms with Gasteiger partial charge in [0.2, 0.25) is 0 Å². The maximum Gasteiger partial charge on any atom is 0.0696 e. The first-order chi connectivity index (χ1) is 5.84. The lowest BCUT2D eigenvalue weighted by Gasteiger charge is -2.24. The van der Waals surface area contributed by atoms with E-state index in [2.05, 4.69) is 24.4 Å². The Morgan fingerprint density at radius 3 is 2.67 bits per heavy atom. The van der Waals surface area contributed by atoms with Gasteiger partial charge in [0, 0.05) is 6.04 Å². The van der Waals surface area contributed by atoms with Gasteiger partial charge < -0.3 is 10.4 Å². The summed E-state index contributed by atoms with van der Waals surface area (Å²) in [6, 6.07) is 0.306. The fourth-order valence-electron chi connectivity index (χ4n) is 1.67. The predicted molar refractivity (Wildman–Crippen MR) is 51.1 cm³/mol. The first-order valence-corrected chi connectivity index (χ1v) is 4.91. The van der Waals surface area contributed by atoms with Gasteiger partial charge >= 0.3 is 0 Å². The third-order valence-corrected chi connectivity index (χ3v) is 2.37. The molecule has 2 nitrogen and oxygen atoms in total. The number of aliphatic hydroxyl groups is 1. The van der Waals surface area contributed by atoms with Crippen LogP contribution in [-0.2, 0) is 0 Å². The Morgan fingerprint density at radius 2 is 2.00 bits per heavy atom. The van der Waals surface area contributed by atoms with Crippen molar-refractivity contribution in [2.75, 3.05) is 6.54 Å². The molecule has 70 valence electrons. The van der Waals surface area contributed by atoms with Gasteiger partial charge in [0.05, 0.1) is 6.10 Å². The zero-order valence-electron chi connectivity index (χ0n) is 7.79. The van der Waals surface area contributed by atoms with Crippen molar-refractivity contribution in [1.29, 1.82) is 0 Å². The summed E-state index contributed by atoms with van der Waals surface area (Å²) < 4.78 is 0. The van der Waals surface area contributed by atoms with Crippen LogP contribution in [0.15, 0.2) is 12.2 Å². The quantitative estimate of drug-likeness (QED) is 0.613. The molecule has 1 rings (SSSR count). The van der Waals surface area contributed by atoms with Crippen molar-refractivity contribution in [3.05, 3.63) is 12.2 Å². The second kappa shape index (κ2) is 5.33. The lowest BCUT2D eigenvalue weighted by Crippen LogP contribution is -2.39.